The van der Waals surface area contributed by atoms with Crippen LogP contribution in [0.25, 0.3) is 0 Å². The molecule has 0 aliphatic rings. The number of aryl methyl sites for hydroxylation is 1. The molecule has 152 valence electrons. The number of nitrogens with zero attached hydrogens (tertiary/aromatic N) is 3. The zero-order chi connectivity index (χ0) is 20.7. The molecule has 0 saturated heterocycles. The highest BCUT2D eigenvalue weighted by Crippen LogP contribution is 2.12. The molecule has 10 heteroatoms. The maximum Gasteiger partial charge on any atom is 0.434 e. The quantitative estimate of drug-likeness (QED) is 0.297. The number of ketones is 2. The van der Waals surface area contributed by atoms with Crippen molar-refractivity contribution in [3.8, 4) is 0 Å². The van der Waals surface area contributed by atoms with E-state index in [-0.39, 0.29) is 37.1 Å². The van der Waals surface area contributed by atoms with E-state index < -0.39 is 16.0 Å². The molecule has 0 fully saturated rings. The number of imidazole rings is 1. The van der Waals surface area contributed by atoms with Gasteiger partial charge in [-0.1, -0.05) is 11.9 Å². The fraction of sp³-hybridized carbons (Fsp3) is 0.706. The van der Waals surface area contributed by atoms with E-state index in [9.17, 15) is 19.7 Å². The topological polar surface area (TPSA) is 128 Å². The number of hydrogen-bond donors (Lipinski definition) is 2. The molecular weight excluding hydrogens is 354 g/mol. The van der Waals surface area contributed by atoms with Crippen LogP contribution in [0, 0.1) is 10.1 Å². The van der Waals surface area contributed by atoms with Gasteiger partial charge >= 0.3 is 5.95 Å². The van der Waals surface area contributed by atoms with E-state index in [1.807, 2.05) is 20.8 Å². The zero-order valence-electron chi connectivity index (χ0n) is 16.6. The van der Waals surface area contributed by atoms with Crippen molar-refractivity contribution in [3.05, 3.63) is 22.5 Å². The fourth-order valence-corrected chi connectivity index (χ4v) is 2.43. The van der Waals surface area contributed by atoms with Crippen LogP contribution in [0.15, 0.2) is 12.4 Å². The van der Waals surface area contributed by atoms with Gasteiger partial charge in [-0.15, -0.1) is 0 Å². The molecule has 1 aromatic heterocycles. The Hall–Kier alpha value is -2.17. The molecule has 0 unspecified atom stereocenters. The summed E-state index contributed by atoms with van der Waals surface area (Å²) in [6.07, 6.45) is 3.34. The predicted molar refractivity (Wildman–Crippen MR) is 99.1 cm³/mol. The van der Waals surface area contributed by atoms with E-state index in [1.54, 1.807) is 13.8 Å². The monoisotopic (exact) mass is 383 g/mol. The highest BCUT2D eigenvalue weighted by molar-refractivity contribution is 5.87. The minimum atomic E-state index is -0.954. The summed E-state index contributed by atoms with van der Waals surface area (Å²) in [5, 5.41) is 13.9. The van der Waals surface area contributed by atoms with Crippen LogP contribution >= 0.6 is 0 Å². The second-order valence-electron chi connectivity index (χ2n) is 7.25. The predicted octanol–water partition coefficient (Wildman–Crippen LogP) is 1.40. The van der Waals surface area contributed by atoms with Gasteiger partial charge in [0.15, 0.2) is 11.6 Å². The molecule has 0 atom stereocenters. The third-order valence-electron chi connectivity index (χ3n) is 4.25. The van der Waals surface area contributed by atoms with Gasteiger partial charge in [0, 0.05) is 19.4 Å². The number of aromatic nitrogens is 2. The summed E-state index contributed by atoms with van der Waals surface area (Å²) in [5.41, 5.74) is 1.15. The van der Waals surface area contributed by atoms with Gasteiger partial charge < -0.3 is 15.4 Å². The van der Waals surface area contributed by atoms with E-state index in [0.29, 0.717) is 13.0 Å². The van der Waals surface area contributed by atoms with Gasteiger partial charge in [0.05, 0.1) is 24.2 Å². The van der Waals surface area contributed by atoms with Crippen molar-refractivity contribution in [2.45, 2.75) is 65.1 Å². The molecule has 0 aliphatic heterocycles. The van der Waals surface area contributed by atoms with E-state index >= 15 is 0 Å². The van der Waals surface area contributed by atoms with Crippen molar-refractivity contribution < 1.29 is 19.3 Å². The van der Waals surface area contributed by atoms with Gasteiger partial charge in [-0.05, 0) is 32.6 Å². The number of rotatable bonds is 13. The molecule has 2 N–H and O–H groups in total. The Morgan fingerprint density at radius 2 is 1.93 bits per heavy atom. The molecule has 0 bridgehead atoms. The first-order valence-corrected chi connectivity index (χ1v) is 8.87. The largest absolute Gasteiger partial charge is 0.434 e. The third-order valence-corrected chi connectivity index (χ3v) is 4.25. The van der Waals surface area contributed by atoms with Crippen molar-refractivity contribution in [3.63, 3.8) is 0 Å². The van der Waals surface area contributed by atoms with Crippen LogP contribution in [0.3, 0.4) is 0 Å². The Balaban J connectivity index is 2.39. The van der Waals surface area contributed by atoms with Crippen molar-refractivity contribution in [1.82, 2.24) is 20.3 Å². The van der Waals surface area contributed by atoms with E-state index in [1.165, 1.54) is 17.0 Å². The van der Waals surface area contributed by atoms with Gasteiger partial charge in [0.2, 0.25) is 0 Å². The first-order valence-electron chi connectivity index (χ1n) is 8.87. The van der Waals surface area contributed by atoms with Crippen LogP contribution in [-0.2, 0) is 21.0 Å². The third kappa shape index (κ3) is 6.81. The van der Waals surface area contributed by atoms with Crippen molar-refractivity contribution in [2.24, 2.45) is 0 Å². The smallest absolute Gasteiger partial charge is 0.390 e. The number of carbonyl (C=O) groups is 2. The first kappa shape index (κ1) is 22.9. The number of nitrogens with one attached hydrogen (secondary N) is 2. The normalized spacial score (nSPS) is 12.2. The van der Waals surface area contributed by atoms with Crippen LogP contribution in [0.2, 0.25) is 0 Å². The van der Waals surface area contributed by atoms with Crippen LogP contribution in [0.4, 0.5) is 5.95 Å². The van der Waals surface area contributed by atoms with E-state index in [2.05, 4.69) is 15.8 Å². The Bertz CT molecular complexity index is 668. The van der Waals surface area contributed by atoms with Gasteiger partial charge in [-0.25, -0.2) is 4.57 Å². The molecule has 0 aromatic carbocycles. The summed E-state index contributed by atoms with van der Waals surface area (Å²) < 4.78 is 1.32. The number of carbonyl (C=O) groups excluding carboxylic acids is 2. The number of Topliss-reactive ketones (excluding diaryl/α,β-unsaturated/α-hetero) is 2. The molecule has 1 aromatic rings. The summed E-state index contributed by atoms with van der Waals surface area (Å²) in [5.74, 6) is -0.334. The Morgan fingerprint density at radius 3 is 2.52 bits per heavy atom. The summed E-state index contributed by atoms with van der Waals surface area (Å²) in [4.78, 5) is 43.4. The Labute approximate surface area is 158 Å². The molecule has 10 nitrogen and oxygen atoms in total. The highest BCUT2D eigenvalue weighted by atomic mass is 16.6. The maximum atomic E-state index is 12.4. The summed E-state index contributed by atoms with van der Waals surface area (Å²) in [6, 6.07) is 0. The first-order chi connectivity index (χ1) is 12.5. The molecule has 0 saturated carbocycles. The van der Waals surface area contributed by atoms with Crippen LogP contribution < -0.4 is 10.8 Å². The maximum absolute atomic E-state index is 12.4. The number of hydroxylamine groups is 1. The summed E-state index contributed by atoms with van der Waals surface area (Å²) in [6.45, 7) is 9.67. The van der Waals surface area contributed by atoms with E-state index in [0.717, 1.165) is 0 Å². The lowest BCUT2D eigenvalue weighted by molar-refractivity contribution is -0.396. The zero-order valence-corrected chi connectivity index (χ0v) is 16.6. The summed E-state index contributed by atoms with van der Waals surface area (Å²) in [7, 11) is 0. The molecule has 1 rings (SSSR count). The minimum Gasteiger partial charge on any atom is -0.390 e. The highest BCUT2D eigenvalue weighted by Gasteiger charge is 2.29. The average molecular weight is 383 g/mol. The lowest BCUT2D eigenvalue weighted by Crippen LogP contribution is -2.50. The molecule has 0 radical (unpaired) electrons. The molecule has 0 aliphatic carbocycles. The van der Waals surface area contributed by atoms with Crippen molar-refractivity contribution in [1.29, 1.82) is 0 Å². The lowest BCUT2D eigenvalue weighted by atomic mass is 9.97. The molecular formula is C17H29N5O5. The molecule has 0 amide bonds. The van der Waals surface area contributed by atoms with E-state index in [4.69, 9.17) is 4.84 Å². The molecule has 1 heterocycles. The second kappa shape index (κ2) is 9.67. The summed E-state index contributed by atoms with van der Waals surface area (Å²) >= 11 is 0. The Morgan fingerprint density at radius 1 is 1.26 bits per heavy atom. The van der Waals surface area contributed by atoms with Crippen molar-refractivity contribution >= 4 is 17.5 Å². The van der Waals surface area contributed by atoms with Gasteiger partial charge in [-0.3, -0.25) is 14.4 Å². The van der Waals surface area contributed by atoms with Crippen LogP contribution in [-0.4, -0.2) is 50.3 Å². The lowest BCUT2D eigenvalue weighted by Gasteiger charge is -2.26. The SMILES string of the molecule is CCC(=O)C(C)(C)NCCONC(C)(C)C(=O)CCn1ccnc1[N+](=O)[O-]. The standard InChI is InChI=1S/C17H29N5O5/c1-6-13(23)16(2,3)19-9-12-27-20-17(4,5)14(24)7-10-21-11-8-18-15(21)22(25)26/h8,11,19-20H,6-7,9-10,12H2,1-5H3. The second-order valence-corrected chi connectivity index (χ2v) is 7.25. The average Bonchev–Trinajstić information content (AvgIpc) is 3.07. The van der Waals surface area contributed by atoms with Gasteiger partial charge in [0.1, 0.15) is 12.4 Å². The number of hydrogen-bond acceptors (Lipinski definition) is 8. The number of nitro groups is 1. The fourth-order valence-electron chi connectivity index (χ4n) is 2.43. The van der Waals surface area contributed by atoms with Crippen molar-refractivity contribution in [2.75, 3.05) is 13.2 Å². The van der Waals surface area contributed by atoms with Crippen LogP contribution in [0.1, 0.15) is 47.5 Å². The van der Waals surface area contributed by atoms with Gasteiger partial charge in [-0.2, -0.15) is 5.48 Å². The minimum absolute atomic E-state index is 0.0941. The Kier molecular flexibility index (Phi) is 8.20. The molecule has 27 heavy (non-hydrogen) atoms. The van der Waals surface area contributed by atoms with Gasteiger partial charge in [0.25, 0.3) is 0 Å². The molecule has 0 spiro atoms. The van der Waals surface area contributed by atoms with Crippen LogP contribution in [0.5, 0.6) is 0 Å².